The zero-order valence-corrected chi connectivity index (χ0v) is 15.0. The normalized spacial score (nSPS) is 10.9. The van der Waals surface area contributed by atoms with Gasteiger partial charge in [-0.15, -0.1) is 0 Å². The molecule has 3 nitrogen and oxygen atoms in total. The first kappa shape index (κ1) is 16.0. The van der Waals surface area contributed by atoms with Crippen LogP contribution in [-0.2, 0) is 0 Å². The summed E-state index contributed by atoms with van der Waals surface area (Å²) in [6.07, 6.45) is 0. The molecule has 1 aromatic heterocycles. The molecule has 23 heavy (non-hydrogen) atoms. The molecule has 0 amide bonds. The van der Waals surface area contributed by atoms with Gasteiger partial charge in [-0.1, -0.05) is 52.0 Å². The fraction of sp³-hybridized carbons (Fsp3) is 0.111. The highest BCUT2D eigenvalue weighted by atomic mass is 79.9. The van der Waals surface area contributed by atoms with E-state index in [-0.39, 0.29) is 5.56 Å². The quantitative estimate of drug-likeness (QED) is 0.366. The predicted octanol–water partition coefficient (Wildman–Crippen LogP) is 4.82. The lowest BCUT2D eigenvalue weighted by atomic mass is 10.2. The highest BCUT2D eigenvalue weighted by Crippen LogP contribution is 2.23. The molecule has 0 atom stereocenters. The maximum Gasteiger partial charge on any atom is 0.266 e. The molecule has 2 aromatic carbocycles. The van der Waals surface area contributed by atoms with E-state index in [1.54, 1.807) is 4.57 Å². The SMILES string of the molecule is C=C(C)CSc1nc2ccccc2c(=O)n1-c1ccc(Br)cc1. The molecule has 0 bridgehead atoms. The topological polar surface area (TPSA) is 34.9 Å². The van der Waals surface area contributed by atoms with Gasteiger partial charge in [-0.3, -0.25) is 9.36 Å². The monoisotopic (exact) mass is 386 g/mol. The minimum atomic E-state index is -0.0536. The number of rotatable bonds is 4. The maximum absolute atomic E-state index is 13.0. The Labute approximate surface area is 147 Å². The van der Waals surface area contributed by atoms with Crippen molar-refractivity contribution >= 4 is 38.6 Å². The van der Waals surface area contributed by atoms with Crippen LogP contribution in [0.4, 0.5) is 0 Å². The second-order valence-electron chi connectivity index (χ2n) is 5.27. The summed E-state index contributed by atoms with van der Waals surface area (Å²) in [5, 5.41) is 1.30. The molecule has 0 aliphatic heterocycles. The fourth-order valence-electron chi connectivity index (χ4n) is 2.21. The van der Waals surface area contributed by atoms with Gasteiger partial charge in [0.05, 0.1) is 16.6 Å². The molecule has 116 valence electrons. The van der Waals surface area contributed by atoms with E-state index < -0.39 is 0 Å². The molecule has 3 aromatic rings. The van der Waals surface area contributed by atoms with Crippen LogP contribution in [-0.4, -0.2) is 15.3 Å². The Morgan fingerprint density at radius 1 is 1.22 bits per heavy atom. The van der Waals surface area contributed by atoms with Crippen molar-refractivity contribution in [3.63, 3.8) is 0 Å². The van der Waals surface area contributed by atoms with E-state index in [0.717, 1.165) is 27.0 Å². The van der Waals surface area contributed by atoms with Crippen LogP contribution in [0.3, 0.4) is 0 Å². The first-order chi connectivity index (χ1) is 11.1. The number of thioether (sulfide) groups is 1. The predicted molar refractivity (Wildman–Crippen MR) is 101 cm³/mol. The highest BCUT2D eigenvalue weighted by molar-refractivity contribution is 9.10. The molecule has 0 aliphatic carbocycles. The molecule has 0 aliphatic rings. The Bertz CT molecular complexity index is 932. The lowest BCUT2D eigenvalue weighted by Crippen LogP contribution is -2.21. The number of hydrogen-bond acceptors (Lipinski definition) is 3. The number of aromatic nitrogens is 2. The summed E-state index contributed by atoms with van der Waals surface area (Å²) in [6.45, 7) is 5.90. The first-order valence-electron chi connectivity index (χ1n) is 7.11. The fourth-order valence-corrected chi connectivity index (χ4v) is 3.33. The molecule has 3 rings (SSSR count). The smallest absolute Gasteiger partial charge is 0.266 e. The number of para-hydroxylation sites is 1. The highest BCUT2D eigenvalue weighted by Gasteiger charge is 2.13. The van der Waals surface area contributed by atoms with Gasteiger partial charge >= 0.3 is 0 Å². The molecule has 0 saturated carbocycles. The minimum absolute atomic E-state index is 0.0536. The van der Waals surface area contributed by atoms with Crippen LogP contribution in [0.25, 0.3) is 16.6 Å². The van der Waals surface area contributed by atoms with Gasteiger partial charge in [0.2, 0.25) is 0 Å². The lowest BCUT2D eigenvalue weighted by molar-refractivity contribution is 0.820. The van der Waals surface area contributed by atoms with Crippen molar-refractivity contribution in [1.29, 1.82) is 0 Å². The largest absolute Gasteiger partial charge is 0.268 e. The van der Waals surface area contributed by atoms with Gasteiger partial charge in [-0.25, -0.2) is 4.98 Å². The van der Waals surface area contributed by atoms with Crippen LogP contribution < -0.4 is 5.56 Å². The molecular formula is C18H15BrN2OS. The molecule has 0 N–H and O–H groups in total. The van der Waals surface area contributed by atoms with Crippen LogP contribution in [0.15, 0.2) is 75.1 Å². The number of fused-ring (bicyclic) bond motifs is 1. The van der Waals surface area contributed by atoms with Gasteiger partial charge in [0, 0.05) is 10.2 Å². The Morgan fingerprint density at radius 2 is 1.91 bits per heavy atom. The van der Waals surface area contributed by atoms with Gasteiger partial charge in [0.1, 0.15) is 0 Å². The Kier molecular flexibility index (Phi) is 4.68. The maximum atomic E-state index is 13.0. The molecule has 1 heterocycles. The molecule has 5 heteroatoms. The third kappa shape index (κ3) is 3.41. The number of halogens is 1. The van der Waals surface area contributed by atoms with Crippen LogP contribution in [0, 0.1) is 0 Å². The van der Waals surface area contributed by atoms with Gasteiger partial charge in [-0.05, 0) is 43.3 Å². The first-order valence-corrected chi connectivity index (χ1v) is 8.89. The van der Waals surface area contributed by atoms with Gasteiger partial charge in [0.15, 0.2) is 5.16 Å². The van der Waals surface area contributed by atoms with Crippen molar-refractivity contribution in [3.8, 4) is 5.69 Å². The Hall–Kier alpha value is -1.85. The molecular weight excluding hydrogens is 372 g/mol. The van der Waals surface area contributed by atoms with Crippen LogP contribution in [0.5, 0.6) is 0 Å². The lowest BCUT2D eigenvalue weighted by Gasteiger charge is -2.13. The zero-order valence-electron chi connectivity index (χ0n) is 12.6. The Balaban J connectivity index is 2.25. The summed E-state index contributed by atoms with van der Waals surface area (Å²) < 4.78 is 2.64. The van der Waals surface area contributed by atoms with Crippen molar-refractivity contribution in [2.45, 2.75) is 12.1 Å². The number of nitrogens with zero attached hydrogens (tertiary/aromatic N) is 2. The third-order valence-electron chi connectivity index (χ3n) is 3.28. The van der Waals surface area contributed by atoms with Gasteiger partial charge < -0.3 is 0 Å². The number of hydrogen-bond donors (Lipinski definition) is 0. The summed E-state index contributed by atoms with van der Waals surface area (Å²) in [6, 6.07) is 15.1. The van der Waals surface area contributed by atoms with Crippen LogP contribution in [0.2, 0.25) is 0 Å². The zero-order chi connectivity index (χ0) is 16.4. The van der Waals surface area contributed by atoms with E-state index in [1.807, 2.05) is 55.5 Å². The second kappa shape index (κ2) is 6.72. The number of benzene rings is 2. The van der Waals surface area contributed by atoms with Crippen molar-refractivity contribution in [3.05, 3.63) is 75.5 Å². The third-order valence-corrected chi connectivity index (χ3v) is 4.98. The average Bonchev–Trinajstić information content (AvgIpc) is 2.54. The standard InChI is InChI=1S/C18H15BrN2OS/c1-12(2)11-23-18-20-16-6-4-3-5-15(16)17(22)21(18)14-9-7-13(19)8-10-14/h3-10H,1,11H2,2H3. The van der Waals surface area contributed by atoms with Gasteiger partial charge in [-0.2, -0.15) is 0 Å². The summed E-state index contributed by atoms with van der Waals surface area (Å²) in [5.41, 5.74) is 2.51. The van der Waals surface area contributed by atoms with Crippen molar-refractivity contribution in [2.24, 2.45) is 0 Å². The average molecular weight is 387 g/mol. The van der Waals surface area contributed by atoms with E-state index in [0.29, 0.717) is 10.5 Å². The van der Waals surface area contributed by atoms with Crippen molar-refractivity contribution in [2.75, 3.05) is 5.75 Å². The van der Waals surface area contributed by atoms with E-state index in [2.05, 4.69) is 27.5 Å². The molecule has 0 fully saturated rings. The van der Waals surface area contributed by atoms with E-state index in [1.165, 1.54) is 11.8 Å². The van der Waals surface area contributed by atoms with Crippen molar-refractivity contribution in [1.82, 2.24) is 9.55 Å². The summed E-state index contributed by atoms with van der Waals surface area (Å²) >= 11 is 4.95. The van der Waals surface area contributed by atoms with Crippen LogP contribution in [0.1, 0.15) is 6.92 Å². The summed E-state index contributed by atoms with van der Waals surface area (Å²) in [7, 11) is 0. The molecule has 0 saturated heterocycles. The second-order valence-corrected chi connectivity index (χ2v) is 7.13. The molecule has 0 unspecified atom stereocenters. The van der Waals surface area contributed by atoms with Crippen LogP contribution >= 0.6 is 27.7 Å². The van der Waals surface area contributed by atoms with Gasteiger partial charge in [0.25, 0.3) is 5.56 Å². The summed E-state index contributed by atoms with van der Waals surface area (Å²) in [5.74, 6) is 0.724. The molecule has 0 spiro atoms. The van der Waals surface area contributed by atoms with E-state index in [9.17, 15) is 4.79 Å². The van der Waals surface area contributed by atoms with Crippen molar-refractivity contribution < 1.29 is 0 Å². The summed E-state index contributed by atoms with van der Waals surface area (Å²) in [4.78, 5) is 17.6. The molecule has 0 radical (unpaired) electrons. The minimum Gasteiger partial charge on any atom is -0.268 e. The van der Waals surface area contributed by atoms with E-state index >= 15 is 0 Å². The van der Waals surface area contributed by atoms with E-state index in [4.69, 9.17) is 0 Å². The Morgan fingerprint density at radius 3 is 2.61 bits per heavy atom.